The van der Waals surface area contributed by atoms with Crippen LogP contribution in [0.2, 0.25) is 0 Å². The zero-order valence-corrected chi connectivity index (χ0v) is 10.7. The molecule has 1 heterocycles. The summed E-state index contributed by atoms with van der Waals surface area (Å²) in [4.78, 5) is 8.03. The van der Waals surface area contributed by atoms with E-state index in [0.29, 0.717) is 29.4 Å². The number of nitrogens with one attached hydrogen (secondary N) is 1. The molecule has 0 atom stereocenters. The number of hydrogen-bond donors (Lipinski definition) is 2. The number of hydrogen-bond acceptors (Lipinski definition) is 4. The van der Waals surface area contributed by atoms with Crippen LogP contribution in [0.15, 0.2) is 30.5 Å². The molecule has 0 aliphatic rings. The van der Waals surface area contributed by atoms with Gasteiger partial charge in [-0.05, 0) is 31.2 Å². The summed E-state index contributed by atoms with van der Waals surface area (Å²) in [7, 11) is 0. The molecule has 0 aliphatic carbocycles. The number of alkyl halides is 3. The van der Waals surface area contributed by atoms with Crippen molar-refractivity contribution in [3.63, 3.8) is 0 Å². The second-order valence-electron chi connectivity index (χ2n) is 4.26. The maximum absolute atomic E-state index is 12.4. The van der Waals surface area contributed by atoms with Gasteiger partial charge in [0.25, 0.3) is 0 Å². The summed E-state index contributed by atoms with van der Waals surface area (Å²) >= 11 is 0. The fourth-order valence-corrected chi connectivity index (χ4v) is 1.62. The molecule has 7 heteroatoms. The molecule has 0 bridgehead atoms. The first-order chi connectivity index (χ1) is 9.36. The number of nitrogens with two attached hydrogens (primary N) is 1. The van der Waals surface area contributed by atoms with E-state index in [1.54, 1.807) is 13.1 Å². The van der Waals surface area contributed by atoms with Crippen LogP contribution in [0.1, 0.15) is 17.0 Å². The highest BCUT2D eigenvalue weighted by Crippen LogP contribution is 2.29. The van der Waals surface area contributed by atoms with Crippen molar-refractivity contribution in [1.29, 1.82) is 0 Å². The van der Waals surface area contributed by atoms with Gasteiger partial charge in [0.1, 0.15) is 11.6 Å². The van der Waals surface area contributed by atoms with Crippen LogP contribution in [0.25, 0.3) is 0 Å². The van der Waals surface area contributed by atoms with Crippen LogP contribution in [-0.2, 0) is 12.7 Å². The van der Waals surface area contributed by atoms with Gasteiger partial charge < -0.3 is 11.1 Å². The Morgan fingerprint density at radius 3 is 2.40 bits per heavy atom. The first-order valence-electron chi connectivity index (χ1n) is 5.85. The summed E-state index contributed by atoms with van der Waals surface area (Å²) in [6.45, 7) is 2.07. The molecule has 2 aromatic rings. The highest BCUT2D eigenvalue weighted by Gasteiger charge is 2.29. The average Bonchev–Trinajstić information content (AvgIpc) is 2.37. The summed E-state index contributed by atoms with van der Waals surface area (Å²) in [5, 5.41) is 2.97. The van der Waals surface area contributed by atoms with Crippen molar-refractivity contribution in [3.05, 3.63) is 47.4 Å². The van der Waals surface area contributed by atoms with Crippen molar-refractivity contribution >= 4 is 11.5 Å². The second kappa shape index (κ2) is 5.36. The standard InChI is InChI=1S/C13H13F3N4/c1-8-18-6-9(12(17)20-8)7-19-11-4-2-10(3-5-11)13(14,15)16/h2-6,19H,7H2,1H3,(H2,17,18,20). The van der Waals surface area contributed by atoms with Crippen molar-refractivity contribution in [2.45, 2.75) is 19.6 Å². The number of rotatable bonds is 3. The summed E-state index contributed by atoms with van der Waals surface area (Å²) < 4.78 is 37.2. The predicted molar refractivity (Wildman–Crippen MR) is 70.0 cm³/mol. The highest BCUT2D eigenvalue weighted by atomic mass is 19.4. The molecule has 0 unspecified atom stereocenters. The first-order valence-corrected chi connectivity index (χ1v) is 5.85. The SMILES string of the molecule is Cc1ncc(CNc2ccc(C(F)(F)F)cc2)c(N)n1. The second-order valence-corrected chi connectivity index (χ2v) is 4.26. The van der Waals surface area contributed by atoms with Crippen LogP contribution in [-0.4, -0.2) is 9.97 Å². The van der Waals surface area contributed by atoms with Crippen LogP contribution < -0.4 is 11.1 Å². The van der Waals surface area contributed by atoms with Gasteiger partial charge in [-0.25, -0.2) is 9.97 Å². The monoisotopic (exact) mass is 282 g/mol. The molecular formula is C13H13F3N4. The van der Waals surface area contributed by atoms with Gasteiger partial charge in [-0.1, -0.05) is 0 Å². The third kappa shape index (κ3) is 3.37. The van der Waals surface area contributed by atoms with E-state index in [1.807, 2.05) is 0 Å². The van der Waals surface area contributed by atoms with Crippen LogP contribution in [0.3, 0.4) is 0 Å². The smallest absolute Gasteiger partial charge is 0.383 e. The zero-order chi connectivity index (χ0) is 14.8. The summed E-state index contributed by atoms with van der Waals surface area (Å²) in [6, 6.07) is 4.79. The third-order valence-corrected chi connectivity index (χ3v) is 2.71. The van der Waals surface area contributed by atoms with E-state index in [9.17, 15) is 13.2 Å². The fraction of sp³-hybridized carbons (Fsp3) is 0.231. The molecule has 0 fully saturated rings. The van der Waals surface area contributed by atoms with Crippen LogP contribution in [0.4, 0.5) is 24.7 Å². The predicted octanol–water partition coefficient (Wildman–Crippen LogP) is 3.00. The van der Waals surface area contributed by atoms with Gasteiger partial charge >= 0.3 is 6.18 Å². The number of nitrogen functional groups attached to an aromatic ring is 1. The summed E-state index contributed by atoms with van der Waals surface area (Å²) in [5.74, 6) is 0.928. The normalized spacial score (nSPS) is 11.4. The molecule has 4 nitrogen and oxygen atoms in total. The van der Waals surface area contributed by atoms with E-state index in [2.05, 4.69) is 15.3 Å². The van der Waals surface area contributed by atoms with Gasteiger partial charge in [0.2, 0.25) is 0 Å². The lowest BCUT2D eigenvalue weighted by Crippen LogP contribution is -2.07. The Morgan fingerprint density at radius 2 is 1.85 bits per heavy atom. The Balaban J connectivity index is 2.04. The Bertz CT molecular complexity index is 594. The molecule has 0 spiro atoms. The molecule has 0 saturated carbocycles. The lowest BCUT2D eigenvalue weighted by atomic mass is 10.2. The quantitative estimate of drug-likeness (QED) is 0.908. The van der Waals surface area contributed by atoms with Crippen molar-refractivity contribution in [2.75, 3.05) is 11.1 Å². The average molecular weight is 282 g/mol. The molecule has 0 aliphatic heterocycles. The molecule has 1 aromatic carbocycles. The molecule has 1 aromatic heterocycles. The van der Waals surface area contributed by atoms with E-state index in [4.69, 9.17) is 5.73 Å². The molecule has 2 rings (SSSR count). The van der Waals surface area contributed by atoms with E-state index < -0.39 is 11.7 Å². The van der Waals surface area contributed by atoms with E-state index in [1.165, 1.54) is 12.1 Å². The van der Waals surface area contributed by atoms with Gasteiger partial charge in [0.15, 0.2) is 0 Å². The van der Waals surface area contributed by atoms with Crippen LogP contribution in [0.5, 0.6) is 0 Å². The Kier molecular flexibility index (Phi) is 3.78. The number of nitrogens with zero attached hydrogens (tertiary/aromatic N) is 2. The number of aryl methyl sites for hydroxylation is 1. The maximum atomic E-state index is 12.4. The van der Waals surface area contributed by atoms with Crippen molar-refractivity contribution in [2.24, 2.45) is 0 Å². The lowest BCUT2D eigenvalue weighted by Gasteiger charge is -2.10. The van der Waals surface area contributed by atoms with Gasteiger partial charge in [-0.2, -0.15) is 13.2 Å². The van der Waals surface area contributed by atoms with Crippen LogP contribution >= 0.6 is 0 Å². The van der Waals surface area contributed by atoms with Crippen molar-refractivity contribution in [1.82, 2.24) is 9.97 Å². The van der Waals surface area contributed by atoms with Gasteiger partial charge in [0.05, 0.1) is 5.56 Å². The van der Waals surface area contributed by atoms with Gasteiger partial charge in [-0.15, -0.1) is 0 Å². The fourth-order valence-electron chi connectivity index (χ4n) is 1.62. The molecule has 0 radical (unpaired) electrons. The summed E-state index contributed by atoms with van der Waals surface area (Å²) in [6.07, 6.45) is -2.73. The van der Waals surface area contributed by atoms with Crippen molar-refractivity contribution < 1.29 is 13.2 Å². The molecule has 0 saturated heterocycles. The van der Waals surface area contributed by atoms with E-state index >= 15 is 0 Å². The van der Waals surface area contributed by atoms with Gasteiger partial charge in [0, 0.05) is 24.0 Å². The highest BCUT2D eigenvalue weighted by molar-refractivity contribution is 5.47. The van der Waals surface area contributed by atoms with Crippen molar-refractivity contribution in [3.8, 4) is 0 Å². The first kappa shape index (κ1) is 14.1. The number of benzene rings is 1. The number of aromatic nitrogens is 2. The Morgan fingerprint density at radius 1 is 1.20 bits per heavy atom. The summed E-state index contributed by atoms with van der Waals surface area (Å²) in [5.41, 5.74) is 6.31. The molecule has 106 valence electrons. The molecular weight excluding hydrogens is 269 g/mol. The Labute approximate surface area is 113 Å². The van der Waals surface area contributed by atoms with Crippen LogP contribution in [0, 0.1) is 6.92 Å². The minimum atomic E-state index is -4.33. The minimum Gasteiger partial charge on any atom is -0.383 e. The third-order valence-electron chi connectivity index (χ3n) is 2.71. The van der Waals surface area contributed by atoms with E-state index in [0.717, 1.165) is 12.1 Å². The van der Waals surface area contributed by atoms with E-state index in [-0.39, 0.29) is 0 Å². The number of halogens is 3. The Hall–Kier alpha value is -2.31. The molecule has 3 N–H and O–H groups in total. The molecule has 0 amide bonds. The largest absolute Gasteiger partial charge is 0.416 e. The molecule has 20 heavy (non-hydrogen) atoms. The topological polar surface area (TPSA) is 63.8 Å². The maximum Gasteiger partial charge on any atom is 0.416 e. The minimum absolute atomic E-state index is 0.345. The lowest BCUT2D eigenvalue weighted by molar-refractivity contribution is -0.137. The number of anilines is 2. The van der Waals surface area contributed by atoms with Gasteiger partial charge in [-0.3, -0.25) is 0 Å². The zero-order valence-electron chi connectivity index (χ0n) is 10.7.